The van der Waals surface area contributed by atoms with Crippen LogP contribution in [-0.2, 0) is 33.8 Å². The van der Waals surface area contributed by atoms with Crippen LogP contribution in [0.25, 0.3) is 10.6 Å². The number of nitrogens with one attached hydrogen (secondary N) is 1. The summed E-state index contributed by atoms with van der Waals surface area (Å²) in [5.74, 6) is -2.30. The molecule has 0 saturated carbocycles. The first-order valence-electron chi connectivity index (χ1n) is 10.2. The van der Waals surface area contributed by atoms with E-state index in [0.29, 0.717) is 22.2 Å². The van der Waals surface area contributed by atoms with Crippen molar-refractivity contribution in [2.24, 2.45) is 0 Å². The van der Waals surface area contributed by atoms with E-state index in [0.717, 1.165) is 23.7 Å². The highest BCUT2D eigenvalue weighted by molar-refractivity contribution is 7.90. The normalized spacial score (nSPS) is 14.4. The average Bonchev–Trinajstić information content (AvgIpc) is 3.28. The van der Waals surface area contributed by atoms with Crippen LogP contribution in [0.2, 0.25) is 5.02 Å². The molecule has 1 aromatic carbocycles. The van der Waals surface area contributed by atoms with Crippen molar-refractivity contribution in [3.63, 3.8) is 0 Å². The summed E-state index contributed by atoms with van der Waals surface area (Å²) in [4.78, 5) is 19.6. The van der Waals surface area contributed by atoms with Gasteiger partial charge in [-0.3, -0.25) is 4.79 Å². The zero-order valence-electron chi connectivity index (χ0n) is 18.5. The smallest absolute Gasteiger partial charge is 0.330 e. The molecule has 7 nitrogen and oxygen atoms in total. The molecule has 1 amide bonds. The highest BCUT2D eigenvalue weighted by Gasteiger charge is 2.43. The number of carbonyl (C=O) groups is 1. The molecule has 0 unspecified atom stereocenters. The number of amides is 1. The SMILES string of the molecule is CS(=O)(=O)c1csc(-c2nc(Nc3cc4c(cc3Cl)CCN(C(=O)C(F)(F)F)C4)ncc2C(F)(F)F)c1. The summed E-state index contributed by atoms with van der Waals surface area (Å²) in [5.41, 5.74) is -0.698. The van der Waals surface area contributed by atoms with E-state index < -0.39 is 39.4 Å². The summed E-state index contributed by atoms with van der Waals surface area (Å²) in [5, 5.41) is 3.96. The van der Waals surface area contributed by atoms with Gasteiger partial charge in [0, 0.05) is 30.9 Å². The van der Waals surface area contributed by atoms with E-state index in [9.17, 15) is 39.6 Å². The summed E-state index contributed by atoms with van der Waals surface area (Å²) in [7, 11) is -3.68. The maximum Gasteiger partial charge on any atom is 0.471 e. The maximum atomic E-state index is 13.6. The molecule has 0 fully saturated rings. The van der Waals surface area contributed by atoms with E-state index in [2.05, 4.69) is 15.3 Å². The molecule has 198 valence electrons. The maximum absolute atomic E-state index is 13.6. The molecule has 3 heterocycles. The quantitative estimate of drug-likeness (QED) is 0.409. The van der Waals surface area contributed by atoms with E-state index in [1.807, 2.05) is 0 Å². The number of alkyl halides is 6. The zero-order chi connectivity index (χ0) is 27.3. The Morgan fingerprint density at radius 2 is 1.84 bits per heavy atom. The van der Waals surface area contributed by atoms with Crippen LogP contribution in [0.5, 0.6) is 0 Å². The molecule has 1 aliphatic heterocycles. The third-order valence-corrected chi connectivity index (χ3v) is 7.90. The second-order valence-corrected chi connectivity index (χ2v) is 11.4. The van der Waals surface area contributed by atoms with Crippen molar-refractivity contribution in [2.45, 2.75) is 30.2 Å². The summed E-state index contributed by atoms with van der Waals surface area (Å²) in [6.45, 7) is -0.502. The molecule has 0 radical (unpaired) electrons. The van der Waals surface area contributed by atoms with Gasteiger partial charge in [0.2, 0.25) is 5.95 Å². The fourth-order valence-electron chi connectivity index (χ4n) is 3.62. The monoisotopic (exact) mass is 584 g/mol. The molecule has 1 N–H and O–H groups in total. The highest BCUT2D eigenvalue weighted by atomic mass is 35.5. The molecule has 0 atom stereocenters. The largest absolute Gasteiger partial charge is 0.471 e. The molecule has 0 aliphatic carbocycles. The van der Waals surface area contributed by atoms with Crippen molar-refractivity contribution in [3.8, 4) is 10.6 Å². The molecular weight excluding hydrogens is 570 g/mol. The van der Waals surface area contributed by atoms with Gasteiger partial charge in [-0.1, -0.05) is 11.6 Å². The van der Waals surface area contributed by atoms with Crippen molar-refractivity contribution in [1.29, 1.82) is 0 Å². The van der Waals surface area contributed by atoms with Gasteiger partial charge in [0.25, 0.3) is 0 Å². The minimum atomic E-state index is -5.03. The summed E-state index contributed by atoms with van der Waals surface area (Å²) >= 11 is 7.02. The lowest BCUT2D eigenvalue weighted by Crippen LogP contribution is -2.43. The molecule has 0 bridgehead atoms. The average molecular weight is 585 g/mol. The van der Waals surface area contributed by atoms with E-state index in [1.54, 1.807) is 0 Å². The van der Waals surface area contributed by atoms with Crippen LogP contribution in [0, 0.1) is 0 Å². The predicted molar refractivity (Wildman–Crippen MR) is 123 cm³/mol. The molecule has 1 aliphatic rings. The Hall–Kier alpha value is -2.91. The summed E-state index contributed by atoms with van der Waals surface area (Å²) in [6, 6.07) is 3.93. The standard InChI is InChI=1S/C21H15ClF6N4O3S2/c1-37(34,35)12-6-16(36-9-12)17-13(20(23,24)25)7-29-19(31-17)30-15-5-11-8-32(18(33)21(26,27)28)3-2-10(11)4-14(15)22/h4-7,9H,2-3,8H2,1H3,(H,29,30,31). The first-order chi connectivity index (χ1) is 17.0. The van der Waals surface area contributed by atoms with Gasteiger partial charge in [-0.15, -0.1) is 11.3 Å². The van der Waals surface area contributed by atoms with Crippen LogP contribution >= 0.6 is 22.9 Å². The summed E-state index contributed by atoms with van der Waals surface area (Å²) in [6.07, 6.45) is -8.31. The number of thiophene rings is 1. The van der Waals surface area contributed by atoms with Gasteiger partial charge in [-0.2, -0.15) is 26.3 Å². The molecule has 0 saturated heterocycles. The Morgan fingerprint density at radius 1 is 1.14 bits per heavy atom. The molecule has 4 rings (SSSR count). The minimum absolute atomic E-state index is 0.0731. The second kappa shape index (κ2) is 9.44. The third kappa shape index (κ3) is 5.83. The van der Waals surface area contributed by atoms with Crippen LogP contribution in [0.15, 0.2) is 34.7 Å². The Kier molecular flexibility index (Phi) is 6.92. The lowest BCUT2D eigenvalue weighted by atomic mass is 9.99. The number of hydrogen-bond donors (Lipinski definition) is 1. The van der Waals surface area contributed by atoms with Crippen molar-refractivity contribution in [1.82, 2.24) is 14.9 Å². The van der Waals surface area contributed by atoms with Crippen LogP contribution in [0.1, 0.15) is 16.7 Å². The van der Waals surface area contributed by atoms with Crippen LogP contribution in [-0.4, -0.2) is 48.2 Å². The van der Waals surface area contributed by atoms with Crippen LogP contribution < -0.4 is 5.32 Å². The topological polar surface area (TPSA) is 92.3 Å². The molecule has 37 heavy (non-hydrogen) atoms. The van der Waals surface area contributed by atoms with Crippen LogP contribution in [0.3, 0.4) is 0 Å². The van der Waals surface area contributed by atoms with Crippen molar-refractivity contribution in [3.05, 3.63) is 51.5 Å². The highest BCUT2D eigenvalue weighted by Crippen LogP contribution is 2.40. The number of benzene rings is 1. The number of anilines is 2. The van der Waals surface area contributed by atoms with E-state index >= 15 is 0 Å². The van der Waals surface area contributed by atoms with E-state index in [4.69, 9.17) is 11.6 Å². The number of carbonyl (C=O) groups excluding carboxylic acids is 1. The van der Waals surface area contributed by atoms with Gasteiger partial charge in [0.15, 0.2) is 9.84 Å². The molecule has 3 aromatic rings. The first kappa shape index (κ1) is 27.1. The number of halogens is 7. The number of rotatable bonds is 4. The molecule has 2 aromatic heterocycles. The Morgan fingerprint density at radius 3 is 2.43 bits per heavy atom. The Balaban J connectivity index is 1.69. The fourth-order valence-corrected chi connectivity index (χ4v) is 5.88. The number of nitrogens with zero attached hydrogens (tertiary/aromatic N) is 3. The fraction of sp³-hybridized carbons (Fsp3) is 0.286. The Labute approximate surface area is 215 Å². The van der Waals surface area contributed by atoms with Crippen LogP contribution in [0.4, 0.5) is 38.0 Å². The zero-order valence-corrected chi connectivity index (χ0v) is 20.9. The number of aromatic nitrogens is 2. The molecule has 0 spiro atoms. The van der Waals surface area contributed by atoms with Crippen molar-refractivity contribution >= 4 is 50.3 Å². The number of sulfone groups is 1. The predicted octanol–water partition coefficient (Wildman–Crippen LogP) is 5.47. The van der Waals surface area contributed by atoms with Gasteiger partial charge in [0.1, 0.15) is 5.56 Å². The second-order valence-electron chi connectivity index (χ2n) is 8.07. The van der Waals surface area contributed by atoms with Gasteiger partial charge in [-0.05, 0) is 35.7 Å². The van der Waals surface area contributed by atoms with Crippen molar-refractivity contribution in [2.75, 3.05) is 18.1 Å². The van der Waals surface area contributed by atoms with E-state index in [1.165, 1.54) is 17.5 Å². The minimum Gasteiger partial charge on any atom is -0.330 e. The van der Waals surface area contributed by atoms with E-state index in [-0.39, 0.29) is 45.9 Å². The lowest BCUT2D eigenvalue weighted by Gasteiger charge is -2.30. The third-order valence-electron chi connectivity index (χ3n) is 5.41. The van der Waals surface area contributed by atoms with Gasteiger partial charge in [-0.25, -0.2) is 18.4 Å². The molecular formula is C21H15ClF6N4O3S2. The first-order valence-corrected chi connectivity index (χ1v) is 13.4. The number of hydrogen-bond acceptors (Lipinski definition) is 7. The van der Waals surface area contributed by atoms with Gasteiger partial charge >= 0.3 is 18.3 Å². The van der Waals surface area contributed by atoms with Crippen molar-refractivity contribution < 1.29 is 39.6 Å². The molecule has 16 heteroatoms. The Bertz CT molecular complexity index is 1490. The van der Waals surface area contributed by atoms with Gasteiger partial charge in [0.05, 0.1) is 26.2 Å². The number of fused-ring (bicyclic) bond motifs is 1. The van der Waals surface area contributed by atoms with Gasteiger partial charge < -0.3 is 10.2 Å². The summed E-state index contributed by atoms with van der Waals surface area (Å²) < 4.78 is 103. The lowest BCUT2D eigenvalue weighted by molar-refractivity contribution is -0.186.